The SMILES string of the molecule is COc1ccc(C(N)CN2CCC3CCCCC32)cc1F. The lowest BCUT2D eigenvalue weighted by atomic mass is 9.85. The van der Waals surface area contributed by atoms with E-state index in [1.54, 1.807) is 6.07 Å². The molecule has 21 heavy (non-hydrogen) atoms. The molecule has 0 aromatic heterocycles. The molecule has 3 unspecified atom stereocenters. The van der Waals surface area contributed by atoms with Crippen LogP contribution in [0.15, 0.2) is 18.2 Å². The van der Waals surface area contributed by atoms with E-state index >= 15 is 0 Å². The summed E-state index contributed by atoms with van der Waals surface area (Å²) in [5.41, 5.74) is 7.16. The van der Waals surface area contributed by atoms with Crippen molar-refractivity contribution in [3.63, 3.8) is 0 Å². The molecule has 2 fully saturated rings. The van der Waals surface area contributed by atoms with Gasteiger partial charge in [0.25, 0.3) is 0 Å². The molecule has 2 aliphatic rings. The minimum atomic E-state index is -0.331. The maximum absolute atomic E-state index is 13.8. The molecule has 1 aromatic carbocycles. The summed E-state index contributed by atoms with van der Waals surface area (Å²) in [4.78, 5) is 2.52. The van der Waals surface area contributed by atoms with Gasteiger partial charge in [-0.2, -0.15) is 0 Å². The van der Waals surface area contributed by atoms with Gasteiger partial charge in [-0.15, -0.1) is 0 Å². The molecule has 1 saturated heterocycles. The molecule has 3 nitrogen and oxygen atoms in total. The van der Waals surface area contributed by atoms with E-state index in [4.69, 9.17) is 10.5 Å². The Bertz CT molecular complexity index is 494. The molecule has 1 aliphatic heterocycles. The van der Waals surface area contributed by atoms with Gasteiger partial charge in [-0.05, 0) is 49.4 Å². The largest absolute Gasteiger partial charge is 0.494 e. The van der Waals surface area contributed by atoms with Crippen molar-refractivity contribution in [2.24, 2.45) is 11.7 Å². The molecule has 0 radical (unpaired) electrons. The molecule has 2 N–H and O–H groups in total. The third-order valence-electron chi connectivity index (χ3n) is 5.16. The summed E-state index contributed by atoms with van der Waals surface area (Å²) in [5, 5.41) is 0. The third-order valence-corrected chi connectivity index (χ3v) is 5.16. The first-order chi connectivity index (χ1) is 10.2. The van der Waals surface area contributed by atoms with E-state index in [1.165, 1.54) is 45.3 Å². The average Bonchev–Trinajstić information content (AvgIpc) is 2.90. The van der Waals surface area contributed by atoms with Crippen LogP contribution in [0.5, 0.6) is 5.75 Å². The minimum absolute atomic E-state index is 0.133. The quantitative estimate of drug-likeness (QED) is 0.926. The van der Waals surface area contributed by atoms with E-state index < -0.39 is 0 Å². The highest BCUT2D eigenvalue weighted by molar-refractivity contribution is 5.31. The van der Waals surface area contributed by atoms with Crippen molar-refractivity contribution < 1.29 is 9.13 Å². The summed E-state index contributed by atoms with van der Waals surface area (Å²) >= 11 is 0. The topological polar surface area (TPSA) is 38.5 Å². The molecule has 0 bridgehead atoms. The van der Waals surface area contributed by atoms with Crippen LogP contribution in [0.4, 0.5) is 4.39 Å². The summed E-state index contributed by atoms with van der Waals surface area (Å²) in [6.45, 7) is 1.97. The Morgan fingerprint density at radius 2 is 2.14 bits per heavy atom. The molecule has 0 amide bonds. The number of nitrogens with zero attached hydrogens (tertiary/aromatic N) is 1. The van der Waals surface area contributed by atoms with E-state index in [9.17, 15) is 4.39 Å². The van der Waals surface area contributed by atoms with Gasteiger partial charge in [-0.3, -0.25) is 4.90 Å². The third kappa shape index (κ3) is 3.06. The fraction of sp³-hybridized carbons (Fsp3) is 0.647. The summed E-state index contributed by atoms with van der Waals surface area (Å²) in [7, 11) is 1.48. The number of hydrogen-bond donors (Lipinski definition) is 1. The standard InChI is InChI=1S/C17H25FN2O/c1-21-17-7-6-13(10-14(17)18)15(19)11-20-9-8-12-4-2-3-5-16(12)20/h6-7,10,12,15-16H,2-5,8-9,11,19H2,1H3. The normalized spacial score (nSPS) is 27.4. The molecule has 4 heteroatoms. The predicted octanol–water partition coefficient (Wildman–Crippen LogP) is 3.10. The van der Waals surface area contributed by atoms with Gasteiger partial charge < -0.3 is 10.5 Å². The highest BCUT2D eigenvalue weighted by atomic mass is 19.1. The summed E-state index contributed by atoms with van der Waals surface area (Å²) in [6.07, 6.45) is 6.69. The van der Waals surface area contributed by atoms with Gasteiger partial charge in [-0.1, -0.05) is 18.9 Å². The van der Waals surface area contributed by atoms with Gasteiger partial charge in [0.05, 0.1) is 7.11 Å². The molecule has 3 rings (SSSR count). The minimum Gasteiger partial charge on any atom is -0.494 e. The van der Waals surface area contributed by atoms with Gasteiger partial charge >= 0.3 is 0 Å². The van der Waals surface area contributed by atoms with E-state index in [0.29, 0.717) is 6.04 Å². The second-order valence-corrected chi connectivity index (χ2v) is 6.40. The van der Waals surface area contributed by atoms with Gasteiger partial charge in [0.15, 0.2) is 11.6 Å². The van der Waals surface area contributed by atoms with Crippen LogP contribution in [0.3, 0.4) is 0 Å². The highest BCUT2D eigenvalue weighted by Gasteiger charge is 2.36. The van der Waals surface area contributed by atoms with Crippen molar-refractivity contribution in [3.8, 4) is 5.75 Å². The van der Waals surface area contributed by atoms with Crippen LogP contribution in [0.2, 0.25) is 0 Å². The molecule has 1 saturated carbocycles. The molecule has 1 aliphatic carbocycles. The van der Waals surface area contributed by atoms with Crippen molar-refractivity contribution in [3.05, 3.63) is 29.6 Å². The molecule has 116 valence electrons. The van der Waals surface area contributed by atoms with Crippen molar-refractivity contribution >= 4 is 0 Å². The molecule has 1 heterocycles. The van der Waals surface area contributed by atoms with Crippen LogP contribution in [0.25, 0.3) is 0 Å². The number of nitrogens with two attached hydrogens (primary N) is 1. The van der Waals surface area contributed by atoms with Crippen molar-refractivity contribution in [1.82, 2.24) is 4.90 Å². The smallest absolute Gasteiger partial charge is 0.165 e. The number of ether oxygens (including phenoxy) is 1. The monoisotopic (exact) mass is 292 g/mol. The van der Waals surface area contributed by atoms with E-state index in [-0.39, 0.29) is 17.6 Å². The fourth-order valence-corrected chi connectivity index (χ4v) is 4.00. The second kappa shape index (κ2) is 6.32. The first-order valence-corrected chi connectivity index (χ1v) is 8.02. The second-order valence-electron chi connectivity index (χ2n) is 6.40. The maximum atomic E-state index is 13.8. The Morgan fingerprint density at radius 1 is 1.33 bits per heavy atom. The number of likely N-dealkylation sites (tertiary alicyclic amines) is 1. The lowest BCUT2D eigenvalue weighted by Crippen LogP contribution is -2.39. The van der Waals surface area contributed by atoms with Gasteiger partial charge in [-0.25, -0.2) is 4.39 Å². The number of rotatable bonds is 4. The van der Waals surface area contributed by atoms with Crippen LogP contribution < -0.4 is 10.5 Å². The lowest BCUT2D eigenvalue weighted by Gasteiger charge is -2.33. The van der Waals surface area contributed by atoms with Crippen molar-refractivity contribution in [2.45, 2.75) is 44.2 Å². The Kier molecular flexibility index (Phi) is 4.45. The van der Waals surface area contributed by atoms with Gasteiger partial charge in [0, 0.05) is 18.6 Å². The summed E-state index contributed by atoms with van der Waals surface area (Å²) in [5.74, 6) is 0.806. The van der Waals surface area contributed by atoms with Crippen molar-refractivity contribution in [2.75, 3.05) is 20.2 Å². The Morgan fingerprint density at radius 3 is 2.90 bits per heavy atom. The van der Waals surface area contributed by atoms with Crippen LogP contribution in [-0.4, -0.2) is 31.1 Å². The number of halogens is 1. The molecule has 1 aromatic rings. The van der Waals surface area contributed by atoms with Crippen LogP contribution >= 0.6 is 0 Å². The van der Waals surface area contributed by atoms with Crippen LogP contribution in [0, 0.1) is 11.7 Å². The molecular formula is C17H25FN2O. The number of fused-ring (bicyclic) bond motifs is 1. The Hall–Kier alpha value is -1.13. The number of benzene rings is 1. The summed E-state index contributed by atoms with van der Waals surface area (Å²) < 4.78 is 18.8. The zero-order valence-electron chi connectivity index (χ0n) is 12.7. The number of hydrogen-bond acceptors (Lipinski definition) is 3. The summed E-state index contributed by atoms with van der Waals surface area (Å²) in [6, 6.07) is 5.62. The zero-order chi connectivity index (χ0) is 14.8. The predicted molar refractivity (Wildman–Crippen MR) is 81.8 cm³/mol. The highest BCUT2D eigenvalue weighted by Crippen LogP contribution is 2.36. The van der Waals surface area contributed by atoms with Gasteiger partial charge in [0.1, 0.15) is 0 Å². The first kappa shape index (κ1) is 14.8. The molecule has 0 spiro atoms. The van der Waals surface area contributed by atoms with Crippen molar-refractivity contribution in [1.29, 1.82) is 0 Å². The van der Waals surface area contributed by atoms with Crippen LogP contribution in [-0.2, 0) is 0 Å². The maximum Gasteiger partial charge on any atom is 0.165 e. The number of methoxy groups -OCH3 is 1. The first-order valence-electron chi connectivity index (χ1n) is 8.02. The zero-order valence-corrected chi connectivity index (χ0v) is 12.7. The lowest BCUT2D eigenvalue weighted by molar-refractivity contribution is 0.174. The van der Waals surface area contributed by atoms with E-state index in [2.05, 4.69) is 4.90 Å². The average molecular weight is 292 g/mol. The van der Waals surface area contributed by atoms with E-state index in [0.717, 1.165) is 24.6 Å². The molecular weight excluding hydrogens is 267 g/mol. The molecule has 3 atom stereocenters. The van der Waals surface area contributed by atoms with Crippen LogP contribution in [0.1, 0.15) is 43.7 Å². The Labute approximate surface area is 126 Å². The Balaban J connectivity index is 1.66. The fourth-order valence-electron chi connectivity index (χ4n) is 4.00. The van der Waals surface area contributed by atoms with Gasteiger partial charge in [0.2, 0.25) is 0 Å². The van der Waals surface area contributed by atoms with E-state index in [1.807, 2.05) is 6.07 Å².